The molecule has 1 aromatic carbocycles. The van der Waals surface area contributed by atoms with Gasteiger partial charge < -0.3 is 5.32 Å². The Kier molecular flexibility index (Phi) is 4.54. The zero-order chi connectivity index (χ0) is 13.1. The minimum Gasteiger partial charge on any atom is -0.306 e. The maximum Gasteiger partial charge on any atom is 0.123 e. The summed E-state index contributed by atoms with van der Waals surface area (Å²) in [6.07, 6.45) is 0. The molecule has 0 aliphatic carbocycles. The summed E-state index contributed by atoms with van der Waals surface area (Å²) in [4.78, 5) is 2.50. The molecule has 0 saturated carbocycles. The number of halogens is 2. The lowest BCUT2D eigenvalue weighted by molar-refractivity contribution is 0.616. The van der Waals surface area contributed by atoms with Crippen LogP contribution in [0.1, 0.15) is 28.3 Å². The summed E-state index contributed by atoms with van der Waals surface area (Å²) < 4.78 is 14.1. The minimum absolute atomic E-state index is 0.115. The zero-order valence-electron chi connectivity index (χ0n) is 10.3. The van der Waals surface area contributed by atoms with E-state index in [1.807, 2.05) is 12.1 Å². The molecule has 2 aromatic rings. The number of hydrogen-bond donors (Lipinski definition) is 1. The summed E-state index contributed by atoms with van der Waals surface area (Å²) in [5, 5.41) is 3.45. The zero-order valence-corrected chi connectivity index (χ0v) is 12.7. The second-order valence-electron chi connectivity index (χ2n) is 4.11. The van der Waals surface area contributed by atoms with Crippen LogP contribution < -0.4 is 5.32 Å². The van der Waals surface area contributed by atoms with Crippen LogP contribution >= 0.6 is 27.3 Å². The maximum atomic E-state index is 13.0. The van der Waals surface area contributed by atoms with Crippen molar-refractivity contribution in [1.29, 1.82) is 0 Å². The van der Waals surface area contributed by atoms with Crippen molar-refractivity contribution in [2.75, 3.05) is 6.54 Å². The molecule has 1 heterocycles. The first kappa shape index (κ1) is 13.7. The molecule has 0 aliphatic heterocycles. The van der Waals surface area contributed by atoms with E-state index in [0.717, 1.165) is 16.6 Å². The van der Waals surface area contributed by atoms with E-state index in [9.17, 15) is 4.39 Å². The molecule has 1 aromatic heterocycles. The monoisotopic (exact) mass is 327 g/mol. The molecule has 0 aliphatic rings. The number of nitrogens with one attached hydrogen (secondary N) is 1. The Morgan fingerprint density at radius 1 is 1.33 bits per heavy atom. The lowest BCUT2D eigenvalue weighted by atomic mass is 10.1. The molecule has 1 unspecified atom stereocenters. The fourth-order valence-electron chi connectivity index (χ4n) is 1.92. The van der Waals surface area contributed by atoms with Gasteiger partial charge in [-0.25, -0.2) is 4.39 Å². The highest BCUT2D eigenvalue weighted by Gasteiger charge is 2.18. The highest BCUT2D eigenvalue weighted by Crippen LogP contribution is 2.35. The molecule has 4 heteroatoms. The third kappa shape index (κ3) is 2.99. The van der Waals surface area contributed by atoms with Gasteiger partial charge in [0.2, 0.25) is 0 Å². The second kappa shape index (κ2) is 5.95. The second-order valence-corrected chi connectivity index (χ2v) is 6.25. The van der Waals surface area contributed by atoms with Gasteiger partial charge in [0.05, 0.1) is 6.04 Å². The largest absolute Gasteiger partial charge is 0.306 e. The van der Waals surface area contributed by atoms with Gasteiger partial charge in [-0.15, -0.1) is 11.3 Å². The van der Waals surface area contributed by atoms with Gasteiger partial charge in [-0.2, -0.15) is 0 Å². The van der Waals surface area contributed by atoms with Crippen molar-refractivity contribution in [2.45, 2.75) is 19.9 Å². The summed E-state index contributed by atoms with van der Waals surface area (Å²) in [6.45, 7) is 5.03. The Hall–Kier alpha value is -0.710. The van der Waals surface area contributed by atoms with Gasteiger partial charge in [-0.3, -0.25) is 0 Å². The maximum absolute atomic E-state index is 13.0. The molecule has 0 spiro atoms. The molecular weight excluding hydrogens is 313 g/mol. The first-order valence-corrected chi connectivity index (χ1v) is 7.47. The Balaban J connectivity index is 2.39. The van der Waals surface area contributed by atoms with Gasteiger partial charge in [-0.1, -0.05) is 19.1 Å². The van der Waals surface area contributed by atoms with E-state index in [1.54, 1.807) is 11.3 Å². The topological polar surface area (TPSA) is 12.0 Å². The van der Waals surface area contributed by atoms with E-state index >= 15 is 0 Å². The molecule has 18 heavy (non-hydrogen) atoms. The third-order valence-electron chi connectivity index (χ3n) is 2.71. The van der Waals surface area contributed by atoms with Gasteiger partial charge in [-0.05, 0) is 53.2 Å². The predicted molar refractivity (Wildman–Crippen MR) is 78.7 cm³/mol. The highest BCUT2D eigenvalue weighted by molar-refractivity contribution is 9.10. The van der Waals surface area contributed by atoms with E-state index in [-0.39, 0.29) is 11.9 Å². The standard InChI is InChI=1S/C14H15BrFNS/c1-3-17-13(10-4-6-11(16)7-5-10)14-12(15)8-9(2)18-14/h4-8,13,17H,3H2,1-2H3. The van der Waals surface area contributed by atoms with E-state index in [4.69, 9.17) is 0 Å². The molecule has 0 fully saturated rings. The number of thiophene rings is 1. The van der Waals surface area contributed by atoms with Gasteiger partial charge >= 0.3 is 0 Å². The molecule has 1 nitrogen and oxygen atoms in total. The summed E-state index contributed by atoms with van der Waals surface area (Å²) in [7, 11) is 0. The predicted octanol–water partition coefficient (Wildman–Crippen LogP) is 4.66. The molecule has 0 saturated heterocycles. The molecule has 1 N–H and O–H groups in total. The molecule has 0 radical (unpaired) electrons. The van der Waals surface area contributed by atoms with Gasteiger partial charge in [0.25, 0.3) is 0 Å². The van der Waals surface area contributed by atoms with Crippen molar-refractivity contribution < 1.29 is 4.39 Å². The van der Waals surface area contributed by atoms with Gasteiger partial charge in [0.15, 0.2) is 0 Å². The molecular formula is C14H15BrFNS. The van der Waals surface area contributed by atoms with Crippen LogP contribution in [0.15, 0.2) is 34.8 Å². The third-order valence-corrected chi connectivity index (χ3v) is 4.74. The van der Waals surface area contributed by atoms with E-state index < -0.39 is 0 Å². The normalized spacial score (nSPS) is 12.7. The van der Waals surface area contributed by atoms with Crippen LogP contribution in [0.2, 0.25) is 0 Å². The molecule has 0 bridgehead atoms. The number of benzene rings is 1. The lowest BCUT2D eigenvalue weighted by Crippen LogP contribution is -2.21. The van der Waals surface area contributed by atoms with E-state index in [1.165, 1.54) is 21.9 Å². The average Bonchev–Trinajstić information content (AvgIpc) is 2.67. The van der Waals surface area contributed by atoms with Gasteiger partial charge in [0.1, 0.15) is 5.82 Å². The fraction of sp³-hybridized carbons (Fsp3) is 0.286. The quantitative estimate of drug-likeness (QED) is 0.861. The van der Waals surface area contributed by atoms with Crippen molar-refractivity contribution in [3.63, 3.8) is 0 Å². The lowest BCUT2D eigenvalue weighted by Gasteiger charge is -2.17. The highest BCUT2D eigenvalue weighted by atomic mass is 79.9. The Bertz CT molecular complexity index is 521. The van der Waals surface area contributed by atoms with Crippen molar-refractivity contribution in [1.82, 2.24) is 5.32 Å². The smallest absolute Gasteiger partial charge is 0.123 e. The van der Waals surface area contributed by atoms with Crippen molar-refractivity contribution in [2.24, 2.45) is 0 Å². The van der Waals surface area contributed by atoms with Crippen LogP contribution in [0, 0.1) is 12.7 Å². The van der Waals surface area contributed by atoms with Crippen LogP contribution in [-0.4, -0.2) is 6.54 Å². The average molecular weight is 328 g/mol. The van der Waals surface area contributed by atoms with Crippen LogP contribution in [0.4, 0.5) is 4.39 Å². The van der Waals surface area contributed by atoms with Crippen LogP contribution in [-0.2, 0) is 0 Å². The van der Waals surface area contributed by atoms with Crippen molar-refractivity contribution in [3.05, 3.63) is 55.9 Å². The molecule has 0 amide bonds. The molecule has 1 atom stereocenters. The first-order chi connectivity index (χ1) is 8.61. The molecule has 96 valence electrons. The first-order valence-electron chi connectivity index (χ1n) is 5.86. The Labute approximate surface area is 119 Å². The summed E-state index contributed by atoms with van der Waals surface area (Å²) in [5.41, 5.74) is 1.08. The van der Waals surface area contributed by atoms with Gasteiger partial charge in [0, 0.05) is 14.2 Å². The number of aryl methyl sites for hydroxylation is 1. The SMILES string of the molecule is CCNC(c1ccc(F)cc1)c1sc(C)cc1Br. The Morgan fingerprint density at radius 3 is 2.50 bits per heavy atom. The van der Waals surface area contributed by atoms with Crippen molar-refractivity contribution in [3.8, 4) is 0 Å². The Morgan fingerprint density at radius 2 is 2.00 bits per heavy atom. The summed E-state index contributed by atoms with van der Waals surface area (Å²) in [6, 6.07) is 8.92. The fourth-order valence-corrected chi connectivity index (χ4v) is 3.90. The summed E-state index contributed by atoms with van der Waals surface area (Å²) >= 11 is 5.35. The van der Waals surface area contributed by atoms with Crippen LogP contribution in [0.3, 0.4) is 0 Å². The van der Waals surface area contributed by atoms with Crippen molar-refractivity contribution >= 4 is 27.3 Å². The summed E-state index contributed by atoms with van der Waals surface area (Å²) in [5.74, 6) is -0.199. The molecule has 2 rings (SSSR count). The number of hydrogen-bond acceptors (Lipinski definition) is 2. The van der Waals surface area contributed by atoms with E-state index in [2.05, 4.69) is 41.2 Å². The van der Waals surface area contributed by atoms with Crippen LogP contribution in [0.25, 0.3) is 0 Å². The number of rotatable bonds is 4. The minimum atomic E-state index is -0.199. The van der Waals surface area contributed by atoms with E-state index in [0.29, 0.717) is 0 Å². The van der Waals surface area contributed by atoms with Crippen LogP contribution in [0.5, 0.6) is 0 Å².